The van der Waals surface area contributed by atoms with Crippen LogP contribution in [0.25, 0.3) is 6.08 Å². The maximum Gasteiger partial charge on any atom is 0.270 e. The first-order chi connectivity index (χ1) is 13.1. The second-order valence-electron chi connectivity index (χ2n) is 5.59. The number of anilines is 1. The first kappa shape index (κ1) is 18.9. The Morgan fingerprint density at radius 1 is 1.19 bits per heavy atom. The number of non-ortho nitro benzene ring substituents is 1. The average Bonchev–Trinajstić information content (AvgIpc) is 3.19. The largest absolute Gasteiger partial charge is 0.321 e. The number of benzene rings is 2. The molecule has 1 N–H and O–H groups in total. The van der Waals surface area contributed by atoms with Gasteiger partial charge in [0.15, 0.2) is 0 Å². The van der Waals surface area contributed by atoms with Crippen LogP contribution in [-0.4, -0.2) is 10.8 Å². The fraction of sp³-hybridized carbons (Fsp3) is 0.0500. The lowest BCUT2D eigenvalue weighted by Gasteiger charge is -2.09. The SMILES string of the molecule is O=C(/C=C/c1cccc([N+](=O)[O-])c1)Nc1ccccc1SCc1ccsc1. The molecule has 5 nitrogen and oxygen atoms in total. The molecule has 0 bridgehead atoms. The Hall–Kier alpha value is -2.90. The zero-order chi connectivity index (χ0) is 19.1. The van der Waals surface area contributed by atoms with E-state index in [9.17, 15) is 14.9 Å². The number of carbonyl (C=O) groups excluding carboxylic acids is 1. The highest BCUT2D eigenvalue weighted by Crippen LogP contribution is 2.30. The number of nitrogens with zero attached hydrogens (tertiary/aromatic N) is 1. The van der Waals surface area contributed by atoms with E-state index in [-0.39, 0.29) is 11.6 Å². The van der Waals surface area contributed by atoms with Gasteiger partial charge in [-0.1, -0.05) is 24.3 Å². The summed E-state index contributed by atoms with van der Waals surface area (Å²) in [6.45, 7) is 0. The Morgan fingerprint density at radius 3 is 2.81 bits per heavy atom. The third-order valence-electron chi connectivity index (χ3n) is 3.63. The zero-order valence-electron chi connectivity index (χ0n) is 14.2. The van der Waals surface area contributed by atoms with Crippen molar-refractivity contribution in [3.63, 3.8) is 0 Å². The average molecular weight is 396 g/mol. The van der Waals surface area contributed by atoms with E-state index >= 15 is 0 Å². The van der Waals surface area contributed by atoms with Crippen molar-refractivity contribution in [3.8, 4) is 0 Å². The highest BCUT2D eigenvalue weighted by molar-refractivity contribution is 7.98. The van der Waals surface area contributed by atoms with E-state index in [4.69, 9.17) is 0 Å². The molecule has 7 heteroatoms. The minimum absolute atomic E-state index is 0.00673. The molecule has 136 valence electrons. The predicted molar refractivity (Wildman–Crippen MR) is 111 cm³/mol. The summed E-state index contributed by atoms with van der Waals surface area (Å²) in [6.07, 6.45) is 2.93. The Bertz CT molecular complexity index is 969. The number of hydrogen-bond acceptors (Lipinski definition) is 5. The van der Waals surface area contributed by atoms with E-state index in [0.717, 1.165) is 16.3 Å². The van der Waals surface area contributed by atoms with Crippen LogP contribution in [0, 0.1) is 10.1 Å². The van der Waals surface area contributed by atoms with Crippen LogP contribution in [0.2, 0.25) is 0 Å². The minimum Gasteiger partial charge on any atom is -0.321 e. The molecule has 0 saturated carbocycles. The molecule has 0 aliphatic rings. The van der Waals surface area contributed by atoms with Crippen LogP contribution in [0.3, 0.4) is 0 Å². The summed E-state index contributed by atoms with van der Waals surface area (Å²) >= 11 is 3.32. The van der Waals surface area contributed by atoms with Crippen LogP contribution in [0.15, 0.2) is 76.3 Å². The van der Waals surface area contributed by atoms with Crippen LogP contribution in [0.5, 0.6) is 0 Å². The molecule has 0 spiro atoms. The number of para-hydroxylation sites is 1. The van der Waals surface area contributed by atoms with Crippen molar-refractivity contribution in [2.24, 2.45) is 0 Å². The number of nitro groups is 1. The monoisotopic (exact) mass is 396 g/mol. The van der Waals surface area contributed by atoms with E-state index in [1.54, 1.807) is 41.3 Å². The van der Waals surface area contributed by atoms with Gasteiger partial charge in [-0.2, -0.15) is 11.3 Å². The maximum atomic E-state index is 12.3. The number of rotatable bonds is 7. The van der Waals surface area contributed by atoms with Gasteiger partial charge in [0.1, 0.15) is 0 Å². The molecule has 0 aliphatic carbocycles. The van der Waals surface area contributed by atoms with Crippen molar-refractivity contribution >= 4 is 46.5 Å². The van der Waals surface area contributed by atoms with Crippen molar-refractivity contribution in [1.82, 2.24) is 0 Å². The summed E-state index contributed by atoms with van der Waals surface area (Å²) in [4.78, 5) is 23.6. The minimum atomic E-state index is -0.460. The van der Waals surface area contributed by atoms with Crippen LogP contribution >= 0.6 is 23.1 Å². The summed E-state index contributed by atoms with van der Waals surface area (Å²) in [5.41, 5.74) is 2.58. The number of carbonyl (C=O) groups is 1. The van der Waals surface area contributed by atoms with Crippen molar-refractivity contribution in [3.05, 3.63) is 92.7 Å². The Labute approximate surface area is 164 Å². The van der Waals surface area contributed by atoms with Crippen LogP contribution < -0.4 is 5.32 Å². The molecule has 1 amide bonds. The molecule has 0 radical (unpaired) electrons. The highest BCUT2D eigenvalue weighted by atomic mass is 32.2. The van der Waals surface area contributed by atoms with Crippen LogP contribution in [0.4, 0.5) is 11.4 Å². The molecule has 0 aliphatic heterocycles. The van der Waals surface area contributed by atoms with E-state index in [1.807, 2.05) is 29.6 Å². The first-order valence-corrected chi connectivity index (χ1v) is 10.0. The molecule has 1 aromatic heterocycles. The predicted octanol–water partition coefficient (Wildman–Crippen LogP) is 5.60. The Kier molecular flexibility index (Phi) is 6.40. The van der Waals surface area contributed by atoms with Gasteiger partial charge in [-0.3, -0.25) is 14.9 Å². The van der Waals surface area contributed by atoms with Gasteiger partial charge in [0.2, 0.25) is 5.91 Å². The summed E-state index contributed by atoms with van der Waals surface area (Å²) in [7, 11) is 0. The van der Waals surface area contributed by atoms with Gasteiger partial charge in [0.05, 0.1) is 10.6 Å². The number of nitro benzene ring substituents is 1. The Balaban J connectivity index is 1.65. The van der Waals surface area contributed by atoms with Crippen molar-refractivity contribution in [2.75, 3.05) is 5.32 Å². The fourth-order valence-electron chi connectivity index (χ4n) is 2.32. The molecule has 27 heavy (non-hydrogen) atoms. The molecule has 3 aromatic rings. The standard InChI is InChI=1S/C20H16N2O3S2/c23-20(9-8-15-4-3-5-17(12-15)22(24)25)21-18-6-1-2-7-19(18)27-14-16-10-11-26-13-16/h1-13H,14H2,(H,21,23)/b9-8+. The summed E-state index contributed by atoms with van der Waals surface area (Å²) in [6, 6.07) is 15.9. The van der Waals surface area contributed by atoms with Gasteiger partial charge in [-0.15, -0.1) is 11.8 Å². The number of thiophene rings is 1. The maximum absolute atomic E-state index is 12.3. The van der Waals surface area contributed by atoms with Crippen molar-refractivity contribution in [2.45, 2.75) is 10.6 Å². The van der Waals surface area contributed by atoms with Gasteiger partial charge in [0, 0.05) is 28.9 Å². The lowest BCUT2D eigenvalue weighted by atomic mass is 10.2. The summed E-state index contributed by atoms with van der Waals surface area (Å²) in [5, 5.41) is 17.8. The van der Waals surface area contributed by atoms with Crippen molar-refractivity contribution in [1.29, 1.82) is 0 Å². The van der Waals surface area contributed by atoms with E-state index in [2.05, 4.69) is 16.8 Å². The molecular formula is C20H16N2O3S2. The molecule has 0 unspecified atom stereocenters. The van der Waals surface area contributed by atoms with Crippen LogP contribution in [0.1, 0.15) is 11.1 Å². The third kappa shape index (κ3) is 5.54. The van der Waals surface area contributed by atoms with E-state index < -0.39 is 4.92 Å². The fourth-order valence-corrected chi connectivity index (χ4v) is 4.05. The van der Waals surface area contributed by atoms with Crippen molar-refractivity contribution < 1.29 is 9.72 Å². The van der Waals surface area contributed by atoms with E-state index in [0.29, 0.717) is 5.56 Å². The number of amides is 1. The molecule has 0 atom stereocenters. The topological polar surface area (TPSA) is 72.2 Å². The Morgan fingerprint density at radius 2 is 2.04 bits per heavy atom. The first-order valence-electron chi connectivity index (χ1n) is 8.08. The molecule has 3 rings (SSSR count). The lowest BCUT2D eigenvalue weighted by molar-refractivity contribution is -0.384. The molecule has 1 heterocycles. The molecule has 0 saturated heterocycles. The third-order valence-corrected chi connectivity index (χ3v) is 5.50. The highest BCUT2D eigenvalue weighted by Gasteiger charge is 2.07. The van der Waals surface area contributed by atoms with Gasteiger partial charge in [-0.05, 0) is 46.2 Å². The van der Waals surface area contributed by atoms with Gasteiger partial charge >= 0.3 is 0 Å². The van der Waals surface area contributed by atoms with Gasteiger partial charge in [0.25, 0.3) is 5.69 Å². The van der Waals surface area contributed by atoms with Gasteiger partial charge in [-0.25, -0.2) is 0 Å². The quantitative estimate of drug-likeness (QED) is 0.244. The van der Waals surface area contributed by atoms with Crippen LogP contribution in [-0.2, 0) is 10.5 Å². The molecule has 0 fully saturated rings. The number of hydrogen-bond donors (Lipinski definition) is 1. The summed E-state index contributed by atoms with van der Waals surface area (Å²) < 4.78 is 0. The second kappa shape index (κ2) is 9.16. The number of nitrogens with one attached hydrogen (secondary N) is 1. The molecular weight excluding hydrogens is 380 g/mol. The second-order valence-corrected chi connectivity index (χ2v) is 7.39. The normalized spacial score (nSPS) is 10.8. The zero-order valence-corrected chi connectivity index (χ0v) is 15.8. The summed E-state index contributed by atoms with van der Waals surface area (Å²) in [5.74, 6) is 0.546. The van der Waals surface area contributed by atoms with E-state index in [1.165, 1.54) is 23.8 Å². The van der Waals surface area contributed by atoms with Gasteiger partial charge < -0.3 is 5.32 Å². The number of thioether (sulfide) groups is 1. The smallest absolute Gasteiger partial charge is 0.270 e. The molecule has 2 aromatic carbocycles. The lowest BCUT2D eigenvalue weighted by Crippen LogP contribution is -2.08.